The van der Waals surface area contributed by atoms with Gasteiger partial charge in [-0.1, -0.05) is 30.3 Å². The van der Waals surface area contributed by atoms with E-state index in [1.165, 1.54) is 18.2 Å². The molecular formula is C21H15F3N4O3S. The molecule has 0 spiro atoms. The largest absolute Gasteiger partial charge is 0.508 e. The van der Waals surface area contributed by atoms with Crippen molar-refractivity contribution in [1.82, 2.24) is 9.97 Å². The summed E-state index contributed by atoms with van der Waals surface area (Å²) in [7, 11) is -4.68. The Bertz CT molecular complexity index is 1410. The molecule has 0 unspecified atom stereocenters. The number of rotatable bonds is 5. The van der Waals surface area contributed by atoms with Crippen LogP contribution in [0.15, 0.2) is 77.7 Å². The second kappa shape index (κ2) is 8.00. The summed E-state index contributed by atoms with van der Waals surface area (Å²) in [6.07, 6.45) is -4.87. The molecule has 32 heavy (non-hydrogen) atoms. The highest BCUT2D eigenvalue weighted by molar-refractivity contribution is 7.92. The highest BCUT2D eigenvalue weighted by Gasteiger charge is 2.37. The highest BCUT2D eigenvalue weighted by Crippen LogP contribution is 2.35. The zero-order chi connectivity index (χ0) is 22.9. The monoisotopic (exact) mass is 460 g/mol. The molecule has 0 radical (unpaired) electrons. The zero-order valence-electron chi connectivity index (χ0n) is 16.1. The number of phenolic OH excluding ortho intramolecular Hbond substituents is 1. The molecular weight excluding hydrogens is 445 g/mol. The van der Waals surface area contributed by atoms with Gasteiger partial charge in [0.05, 0.1) is 21.5 Å². The van der Waals surface area contributed by atoms with Crippen molar-refractivity contribution in [2.24, 2.45) is 0 Å². The molecule has 3 aromatic carbocycles. The van der Waals surface area contributed by atoms with Crippen molar-refractivity contribution in [2.45, 2.75) is 11.1 Å². The van der Waals surface area contributed by atoms with Crippen molar-refractivity contribution < 1.29 is 26.7 Å². The smallest absolute Gasteiger partial charge is 0.417 e. The Hall–Kier alpha value is -3.86. The summed E-state index contributed by atoms with van der Waals surface area (Å²) in [6, 6.07) is 16.4. The molecule has 3 N–H and O–H groups in total. The predicted molar refractivity (Wildman–Crippen MR) is 113 cm³/mol. The number of fused-ring (bicyclic) bond motifs is 1. The Morgan fingerprint density at radius 1 is 0.812 bits per heavy atom. The molecule has 11 heteroatoms. The number of nitrogens with one attached hydrogen (secondary N) is 2. The molecule has 7 nitrogen and oxygen atoms in total. The number of benzene rings is 3. The highest BCUT2D eigenvalue weighted by atomic mass is 32.2. The number of aromatic hydroxyl groups is 1. The van der Waals surface area contributed by atoms with Crippen LogP contribution in [0.3, 0.4) is 0 Å². The molecule has 0 atom stereocenters. The predicted octanol–water partition coefficient (Wildman–Crippen LogP) is 4.90. The lowest BCUT2D eigenvalue weighted by Crippen LogP contribution is -2.20. The van der Waals surface area contributed by atoms with Crippen molar-refractivity contribution in [3.05, 3.63) is 78.4 Å². The fourth-order valence-corrected chi connectivity index (χ4v) is 4.23. The molecule has 0 amide bonds. The first-order chi connectivity index (χ1) is 15.1. The van der Waals surface area contributed by atoms with E-state index < -0.39 is 26.7 Å². The molecule has 1 heterocycles. The van der Waals surface area contributed by atoms with Gasteiger partial charge in [0.2, 0.25) is 0 Å². The van der Waals surface area contributed by atoms with Crippen LogP contribution >= 0.6 is 0 Å². The second-order valence-corrected chi connectivity index (χ2v) is 8.34. The molecule has 164 valence electrons. The van der Waals surface area contributed by atoms with Crippen molar-refractivity contribution in [3.63, 3.8) is 0 Å². The number of hydrogen-bond acceptors (Lipinski definition) is 6. The standard InChI is InChI=1S/C21H15F3N4O3S/c22-21(23,24)15-8-1-4-11-18(15)32(30,31)28-20-19(25-13-6-5-7-14(29)12-13)26-16-9-2-3-10-17(16)27-20/h1-12,29H,(H,25,26)(H,27,28). The lowest BCUT2D eigenvalue weighted by molar-refractivity contribution is -0.139. The summed E-state index contributed by atoms with van der Waals surface area (Å²) in [5.74, 6) is -0.406. The van der Waals surface area contributed by atoms with Crippen molar-refractivity contribution in [1.29, 1.82) is 0 Å². The van der Waals surface area contributed by atoms with Crippen LogP contribution in [0.4, 0.5) is 30.5 Å². The van der Waals surface area contributed by atoms with Crippen molar-refractivity contribution in [2.75, 3.05) is 10.0 Å². The van der Waals surface area contributed by atoms with E-state index in [1.54, 1.807) is 36.4 Å². The number of halogens is 3. The van der Waals surface area contributed by atoms with Gasteiger partial charge in [-0.3, -0.25) is 4.72 Å². The zero-order valence-corrected chi connectivity index (χ0v) is 16.9. The van der Waals surface area contributed by atoms with Gasteiger partial charge >= 0.3 is 6.18 Å². The second-order valence-electron chi connectivity index (χ2n) is 6.68. The van der Waals surface area contributed by atoms with Gasteiger partial charge in [0.1, 0.15) is 5.75 Å². The Labute approximate surface area is 180 Å². The average Bonchev–Trinajstić information content (AvgIpc) is 2.73. The van der Waals surface area contributed by atoms with Crippen LogP contribution in [0.1, 0.15) is 5.56 Å². The third-order valence-electron chi connectivity index (χ3n) is 4.39. The SMILES string of the molecule is O=S(=O)(Nc1nc2ccccc2nc1Nc1cccc(O)c1)c1ccccc1C(F)(F)F. The first-order valence-corrected chi connectivity index (χ1v) is 10.6. The first-order valence-electron chi connectivity index (χ1n) is 9.15. The van der Waals surface area contributed by atoms with E-state index in [-0.39, 0.29) is 17.4 Å². The van der Waals surface area contributed by atoms with E-state index in [0.717, 1.165) is 12.1 Å². The van der Waals surface area contributed by atoms with E-state index in [0.29, 0.717) is 22.8 Å². The van der Waals surface area contributed by atoms with Gasteiger partial charge in [-0.25, -0.2) is 18.4 Å². The van der Waals surface area contributed by atoms with Crippen LogP contribution in [-0.2, 0) is 16.2 Å². The topological polar surface area (TPSA) is 104 Å². The number of hydrogen-bond donors (Lipinski definition) is 3. The molecule has 0 fully saturated rings. The summed E-state index contributed by atoms with van der Waals surface area (Å²) in [5, 5.41) is 12.5. The Morgan fingerprint density at radius 3 is 2.09 bits per heavy atom. The molecule has 0 aliphatic rings. The molecule has 0 aliphatic heterocycles. The molecule has 0 bridgehead atoms. The molecule has 0 aliphatic carbocycles. The van der Waals surface area contributed by atoms with Gasteiger partial charge in [0.25, 0.3) is 10.0 Å². The quantitative estimate of drug-likeness (QED) is 0.391. The van der Waals surface area contributed by atoms with Gasteiger partial charge in [-0.15, -0.1) is 0 Å². The molecule has 0 saturated heterocycles. The fourth-order valence-electron chi connectivity index (χ4n) is 3.00. The van der Waals surface area contributed by atoms with Crippen LogP contribution < -0.4 is 10.0 Å². The maximum Gasteiger partial charge on any atom is 0.417 e. The summed E-state index contributed by atoms with van der Waals surface area (Å²) in [4.78, 5) is 7.64. The van der Waals surface area contributed by atoms with E-state index in [1.807, 2.05) is 0 Å². The number of para-hydroxylation sites is 2. The molecule has 4 rings (SSSR count). The number of aromatic nitrogens is 2. The summed E-state index contributed by atoms with van der Waals surface area (Å²) >= 11 is 0. The average molecular weight is 460 g/mol. The number of anilines is 3. The molecule has 1 aromatic heterocycles. The maximum atomic E-state index is 13.4. The van der Waals surface area contributed by atoms with E-state index in [2.05, 4.69) is 20.0 Å². The van der Waals surface area contributed by atoms with Gasteiger partial charge in [0, 0.05) is 11.8 Å². The Balaban J connectivity index is 1.82. The van der Waals surface area contributed by atoms with E-state index in [4.69, 9.17) is 0 Å². The van der Waals surface area contributed by atoms with Crippen molar-refractivity contribution in [3.8, 4) is 5.75 Å². The number of nitrogens with zero attached hydrogens (tertiary/aromatic N) is 2. The number of sulfonamides is 1. The van der Waals surface area contributed by atoms with Gasteiger partial charge < -0.3 is 10.4 Å². The Kier molecular flexibility index (Phi) is 5.35. The summed E-state index contributed by atoms with van der Waals surface area (Å²) in [6.45, 7) is 0. The number of alkyl halides is 3. The first kappa shape index (κ1) is 21.4. The van der Waals surface area contributed by atoms with Gasteiger partial charge in [0.15, 0.2) is 11.6 Å². The number of phenols is 1. The molecule has 4 aromatic rings. The van der Waals surface area contributed by atoms with E-state index in [9.17, 15) is 26.7 Å². The van der Waals surface area contributed by atoms with Gasteiger partial charge in [-0.05, 0) is 36.4 Å². The van der Waals surface area contributed by atoms with Crippen LogP contribution in [0.5, 0.6) is 5.75 Å². The maximum absolute atomic E-state index is 13.4. The lowest BCUT2D eigenvalue weighted by atomic mass is 10.2. The minimum absolute atomic E-state index is 0.0509. The Morgan fingerprint density at radius 2 is 1.44 bits per heavy atom. The third kappa shape index (κ3) is 4.42. The van der Waals surface area contributed by atoms with Crippen LogP contribution in [0.2, 0.25) is 0 Å². The molecule has 0 saturated carbocycles. The van der Waals surface area contributed by atoms with Gasteiger partial charge in [-0.2, -0.15) is 13.2 Å². The van der Waals surface area contributed by atoms with Crippen LogP contribution in [-0.4, -0.2) is 23.5 Å². The lowest BCUT2D eigenvalue weighted by Gasteiger charge is -2.16. The van der Waals surface area contributed by atoms with Crippen LogP contribution in [0.25, 0.3) is 11.0 Å². The normalized spacial score (nSPS) is 12.0. The minimum Gasteiger partial charge on any atom is -0.508 e. The fraction of sp³-hybridized carbons (Fsp3) is 0.0476. The minimum atomic E-state index is -4.87. The van der Waals surface area contributed by atoms with Crippen molar-refractivity contribution >= 4 is 38.4 Å². The van der Waals surface area contributed by atoms with Crippen LogP contribution in [0, 0.1) is 0 Å². The summed E-state index contributed by atoms with van der Waals surface area (Å²) in [5.41, 5.74) is -0.181. The summed E-state index contributed by atoms with van der Waals surface area (Å²) < 4.78 is 68.1. The third-order valence-corrected chi connectivity index (χ3v) is 5.79. The van der Waals surface area contributed by atoms with E-state index >= 15 is 0 Å².